The van der Waals surface area contributed by atoms with Gasteiger partial charge in [0.05, 0.1) is 25.4 Å². The summed E-state index contributed by atoms with van der Waals surface area (Å²) in [6, 6.07) is -10.7. The molecule has 0 bridgehead atoms. The molecule has 25 nitrogen and oxygen atoms in total. The van der Waals surface area contributed by atoms with E-state index < -0.39 is 133 Å². The Hall–Kier alpha value is -5.31. The molecule has 1 saturated heterocycles. The van der Waals surface area contributed by atoms with E-state index in [2.05, 4.69) is 42.2 Å². The van der Waals surface area contributed by atoms with Crippen molar-refractivity contribution in [1.29, 1.82) is 0 Å². The number of nitrogens with two attached hydrogens (primary N) is 3. The number of carbonyl (C=O) groups excluding carboxylic acids is 8. The quantitative estimate of drug-likeness (QED) is 0.0189. The molecule has 1 aliphatic heterocycles. The number of hydrogen-bond acceptors (Lipinski definition) is 15. The first kappa shape index (κ1) is 58.7. The number of carboxylic acid groups (broad SMARTS) is 1. The number of likely N-dealkylation sites (tertiary alicyclic amines) is 1. The van der Waals surface area contributed by atoms with Crippen LogP contribution in [0.15, 0.2) is 4.99 Å². The predicted octanol–water partition coefficient (Wildman–Crippen LogP) is -5.32. The number of nitrogens with one attached hydrogen (secondary N) is 7. The summed E-state index contributed by atoms with van der Waals surface area (Å²) in [7, 11) is 0. The molecule has 376 valence electrons. The summed E-state index contributed by atoms with van der Waals surface area (Å²) >= 11 is 1.39. The number of guanidine groups is 1. The van der Waals surface area contributed by atoms with Crippen LogP contribution in [0.1, 0.15) is 80.1 Å². The second-order valence-corrected chi connectivity index (χ2v) is 17.8. The van der Waals surface area contributed by atoms with E-state index in [0.717, 1.165) is 4.90 Å². The first-order valence-corrected chi connectivity index (χ1v) is 23.1. The molecule has 8 amide bonds. The summed E-state index contributed by atoms with van der Waals surface area (Å²) in [6.45, 7) is 7.81. The van der Waals surface area contributed by atoms with Crippen molar-refractivity contribution in [3.63, 3.8) is 0 Å². The molecule has 0 aromatic rings. The lowest BCUT2D eigenvalue weighted by Gasteiger charge is -2.29. The number of nitrogens with zero attached hydrogens (tertiary/aromatic N) is 2. The van der Waals surface area contributed by atoms with Crippen LogP contribution in [0.3, 0.4) is 0 Å². The number of amides is 8. The third kappa shape index (κ3) is 20.1. The van der Waals surface area contributed by atoms with Gasteiger partial charge in [0.15, 0.2) is 5.96 Å². The zero-order valence-electron chi connectivity index (χ0n) is 38.7. The number of rotatable bonds is 29. The number of aliphatic hydroxyl groups is 3. The molecule has 1 rings (SSSR count). The molecular formula is C40H72N12O13S. The first-order valence-electron chi connectivity index (χ1n) is 21.8. The third-order valence-electron chi connectivity index (χ3n) is 10.4. The highest BCUT2D eigenvalue weighted by atomic mass is 32.2. The summed E-state index contributed by atoms with van der Waals surface area (Å²) in [6.07, 6.45) is -0.0220. The van der Waals surface area contributed by atoms with Crippen LogP contribution in [0.25, 0.3) is 0 Å². The van der Waals surface area contributed by atoms with Gasteiger partial charge >= 0.3 is 5.97 Å². The zero-order valence-corrected chi connectivity index (χ0v) is 39.5. The molecule has 66 heavy (non-hydrogen) atoms. The van der Waals surface area contributed by atoms with Crippen molar-refractivity contribution in [3.05, 3.63) is 0 Å². The second-order valence-electron chi connectivity index (χ2n) is 16.8. The number of aliphatic carboxylic acids is 1. The topological polar surface area (TPSA) is 412 Å². The second kappa shape index (κ2) is 29.4. The molecule has 1 aliphatic rings. The summed E-state index contributed by atoms with van der Waals surface area (Å²) in [5, 5.41) is 56.8. The van der Waals surface area contributed by atoms with E-state index in [0.29, 0.717) is 12.2 Å². The van der Waals surface area contributed by atoms with Crippen molar-refractivity contribution in [2.24, 2.45) is 34.0 Å². The largest absolute Gasteiger partial charge is 0.480 e. The Morgan fingerprint density at radius 2 is 1.29 bits per heavy atom. The summed E-state index contributed by atoms with van der Waals surface area (Å²) in [5.41, 5.74) is 16.7. The average molecular weight is 961 g/mol. The van der Waals surface area contributed by atoms with E-state index in [-0.39, 0.29) is 57.1 Å². The van der Waals surface area contributed by atoms with E-state index in [1.807, 2.05) is 0 Å². The number of carbonyl (C=O) groups is 9. The minimum absolute atomic E-state index is 0.0219. The van der Waals surface area contributed by atoms with Gasteiger partial charge in [-0.05, 0) is 76.2 Å². The number of aliphatic hydroxyl groups excluding tert-OH is 3. The smallest absolute Gasteiger partial charge is 0.326 e. The summed E-state index contributed by atoms with van der Waals surface area (Å²) in [5.74, 6) is -8.67. The molecule has 1 heterocycles. The molecule has 26 heteroatoms. The van der Waals surface area contributed by atoms with E-state index in [1.54, 1.807) is 34.0 Å². The van der Waals surface area contributed by atoms with Gasteiger partial charge in [-0.15, -0.1) is 0 Å². The lowest BCUT2D eigenvalue weighted by Crippen LogP contribution is -2.61. The maximum atomic E-state index is 13.9. The molecule has 0 radical (unpaired) electrons. The highest BCUT2D eigenvalue weighted by molar-refractivity contribution is 7.98. The van der Waals surface area contributed by atoms with E-state index in [9.17, 15) is 63.6 Å². The maximum absolute atomic E-state index is 13.9. The van der Waals surface area contributed by atoms with Crippen molar-refractivity contribution >= 4 is 70.9 Å². The number of carboxylic acids is 1. The molecular weight excluding hydrogens is 889 g/mol. The lowest BCUT2D eigenvalue weighted by molar-refractivity contribution is -0.149. The Bertz CT molecular complexity index is 1700. The maximum Gasteiger partial charge on any atom is 0.326 e. The SMILES string of the molecule is CSCCC(NC(=O)C(N)C(C)O)C(=O)NC(CCCN=C(N)N)C(=O)NC(C(=O)NC(CC(C)C)C(=O)NC(C(=O)NCC(=O)NC(CO)C(=O)N1CCCC1C(=O)O)C(C)O)C(C)C. The van der Waals surface area contributed by atoms with Crippen LogP contribution in [-0.2, 0) is 43.2 Å². The van der Waals surface area contributed by atoms with Gasteiger partial charge in [0, 0.05) is 13.1 Å². The van der Waals surface area contributed by atoms with E-state index >= 15 is 0 Å². The summed E-state index contributed by atoms with van der Waals surface area (Å²) < 4.78 is 0. The van der Waals surface area contributed by atoms with Crippen molar-refractivity contribution in [2.75, 3.05) is 38.2 Å². The third-order valence-corrected chi connectivity index (χ3v) is 11.0. The van der Waals surface area contributed by atoms with Crippen molar-refractivity contribution < 1.29 is 63.6 Å². The molecule has 0 saturated carbocycles. The van der Waals surface area contributed by atoms with Gasteiger partial charge in [0.25, 0.3) is 0 Å². The Morgan fingerprint density at radius 1 is 0.727 bits per heavy atom. The van der Waals surface area contributed by atoms with Gasteiger partial charge in [-0.2, -0.15) is 11.8 Å². The van der Waals surface area contributed by atoms with E-state index in [1.165, 1.54) is 25.6 Å². The highest BCUT2D eigenvalue weighted by Gasteiger charge is 2.38. The fourth-order valence-electron chi connectivity index (χ4n) is 6.64. The number of aliphatic imine (C=N–C) groups is 1. The zero-order chi connectivity index (χ0) is 50.4. The molecule has 1 fully saturated rings. The van der Waals surface area contributed by atoms with Crippen LogP contribution in [0, 0.1) is 11.8 Å². The minimum Gasteiger partial charge on any atom is -0.480 e. The van der Waals surface area contributed by atoms with E-state index in [4.69, 9.17) is 17.2 Å². The Labute approximate surface area is 388 Å². The van der Waals surface area contributed by atoms with Crippen molar-refractivity contribution in [2.45, 2.75) is 141 Å². The van der Waals surface area contributed by atoms with Gasteiger partial charge < -0.3 is 79.7 Å². The van der Waals surface area contributed by atoms with Crippen LogP contribution in [0.5, 0.6) is 0 Å². The standard InChI is InChI=1S/C40H72N12O13S/c1-19(2)16-25(34(59)51-31(22(6)55)36(61)45-17-28(56)46-26(18-53)38(63)52-14-9-11-27(52)39(64)65)49-37(62)30(20(3)4)50-33(58)23(10-8-13-44-40(42)43)47-32(57)24(12-15-66-7)48-35(60)29(41)21(5)54/h19-27,29-31,53-55H,8-18,41H2,1-7H3,(H,45,61)(H,46,56)(H,47,57)(H,48,60)(H,49,62)(H,50,58)(H,51,59)(H,64,65)(H4,42,43,44). The highest BCUT2D eigenvalue weighted by Crippen LogP contribution is 2.18. The van der Waals surface area contributed by atoms with Crippen LogP contribution in [0.4, 0.5) is 0 Å². The molecule has 0 aromatic heterocycles. The molecule has 0 aromatic carbocycles. The Balaban J connectivity index is 3.21. The molecule has 0 spiro atoms. The first-order chi connectivity index (χ1) is 30.9. The fraction of sp³-hybridized carbons (Fsp3) is 0.750. The summed E-state index contributed by atoms with van der Waals surface area (Å²) in [4.78, 5) is 123. The van der Waals surface area contributed by atoms with Gasteiger partial charge in [-0.3, -0.25) is 43.3 Å². The van der Waals surface area contributed by atoms with Gasteiger partial charge in [-0.1, -0.05) is 27.7 Å². The number of thioether (sulfide) groups is 1. The molecule has 0 aliphatic carbocycles. The Kier molecular flexibility index (Phi) is 26.1. The van der Waals surface area contributed by atoms with Crippen LogP contribution < -0.4 is 54.4 Å². The fourth-order valence-corrected chi connectivity index (χ4v) is 7.12. The lowest BCUT2D eigenvalue weighted by atomic mass is 9.98. The van der Waals surface area contributed by atoms with Gasteiger partial charge in [0.1, 0.15) is 48.3 Å². The normalized spacial score (nSPS) is 17.7. The average Bonchev–Trinajstić information content (AvgIpc) is 3.74. The molecule has 17 N–H and O–H groups in total. The predicted molar refractivity (Wildman–Crippen MR) is 243 cm³/mol. The minimum atomic E-state index is -1.66. The van der Waals surface area contributed by atoms with Crippen LogP contribution in [-0.4, -0.2) is 183 Å². The van der Waals surface area contributed by atoms with Crippen LogP contribution in [0.2, 0.25) is 0 Å². The van der Waals surface area contributed by atoms with Crippen molar-refractivity contribution in [1.82, 2.24) is 42.1 Å². The van der Waals surface area contributed by atoms with Crippen molar-refractivity contribution in [3.8, 4) is 0 Å². The Morgan fingerprint density at radius 3 is 1.82 bits per heavy atom. The molecule has 10 unspecified atom stereocenters. The van der Waals surface area contributed by atoms with Crippen LogP contribution >= 0.6 is 11.8 Å². The van der Waals surface area contributed by atoms with Gasteiger partial charge in [0.2, 0.25) is 47.3 Å². The monoisotopic (exact) mass is 961 g/mol. The number of hydrogen-bond donors (Lipinski definition) is 14. The molecule has 10 atom stereocenters. The van der Waals surface area contributed by atoms with Gasteiger partial charge in [-0.25, -0.2) is 4.79 Å².